The highest BCUT2D eigenvalue weighted by Crippen LogP contribution is 2.44. The van der Waals surface area contributed by atoms with Crippen LogP contribution in [-0.2, 0) is 0 Å². The van der Waals surface area contributed by atoms with Crippen molar-refractivity contribution >= 4 is 119 Å². The molecular formula is C81H47N5O2S. The smallest absolute Gasteiger partial charge is 0.164 e. The van der Waals surface area contributed by atoms with Gasteiger partial charge < -0.3 is 18.0 Å². The Morgan fingerprint density at radius 3 is 1.42 bits per heavy atom. The van der Waals surface area contributed by atoms with Gasteiger partial charge in [0, 0.05) is 91.3 Å². The second-order valence-corrected chi connectivity index (χ2v) is 24.1. The van der Waals surface area contributed by atoms with E-state index >= 15 is 0 Å². The number of nitrogens with zero attached hydrogens (tertiary/aromatic N) is 5. The van der Waals surface area contributed by atoms with Crippen LogP contribution >= 0.6 is 11.3 Å². The number of para-hydroxylation sites is 5. The molecule has 19 aromatic rings. The van der Waals surface area contributed by atoms with Crippen LogP contribution in [0.1, 0.15) is 0 Å². The average molecular weight is 1150 g/mol. The Kier molecular flexibility index (Phi) is 10.8. The van der Waals surface area contributed by atoms with Gasteiger partial charge in [-0.2, -0.15) is 0 Å². The number of furan rings is 2. The lowest BCUT2D eigenvalue weighted by molar-refractivity contribution is 0.668. The van der Waals surface area contributed by atoms with Crippen LogP contribution in [0.5, 0.6) is 0 Å². The van der Waals surface area contributed by atoms with Crippen molar-refractivity contribution in [2.24, 2.45) is 0 Å². The molecule has 414 valence electrons. The quantitative estimate of drug-likeness (QED) is 0.152. The number of fused-ring (bicyclic) bond motifs is 15. The summed E-state index contributed by atoms with van der Waals surface area (Å²) < 4.78 is 20.1. The van der Waals surface area contributed by atoms with E-state index in [4.69, 9.17) is 23.8 Å². The molecule has 0 aliphatic rings. The first-order valence-electron chi connectivity index (χ1n) is 30.0. The molecule has 13 aromatic carbocycles. The number of benzene rings is 13. The Morgan fingerprint density at radius 2 is 0.708 bits per heavy atom. The molecule has 0 saturated heterocycles. The van der Waals surface area contributed by atoms with Crippen LogP contribution in [-0.4, -0.2) is 24.1 Å². The fourth-order valence-electron chi connectivity index (χ4n) is 13.8. The van der Waals surface area contributed by atoms with Gasteiger partial charge in [-0.1, -0.05) is 176 Å². The first-order chi connectivity index (χ1) is 44.1. The Morgan fingerprint density at radius 1 is 0.247 bits per heavy atom. The normalized spacial score (nSPS) is 12.0. The van der Waals surface area contributed by atoms with E-state index < -0.39 is 0 Å². The number of hydrogen-bond donors (Lipinski definition) is 0. The summed E-state index contributed by atoms with van der Waals surface area (Å²) in [6.07, 6.45) is 0. The molecule has 6 heterocycles. The second-order valence-electron chi connectivity index (χ2n) is 23.1. The van der Waals surface area contributed by atoms with Crippen LogP contribution in [0, 0.1) is 0 Å². The molecule has 0 aliphatic carbocycles. The van der Waals surface area contributed by atoms with E-state index in [9.17, 15) is 0 Å². The molecular weight excluding hydrogens is 1110 g/mol. The molecule has 0 unspecified atom stereocenters. The van der Waals surface area contributed by atoms with E-state index in [1.54, 1.807) is 11.3 Å². The topological polar surface area (TPSA) is 74.8 Å². The third kappa shape index (κ3) is 7.87. The lowest BCUT2D eigenvalue weighted by Gasteiger charge is -2.12. The van der Waals surface area contributed by atoms with Crippen LogP contribution < -0.4 is 0 Å². The maximum atomic E-state index is 6.66. The predicted octanol–water partition coefficient (Wildman–Crippen LogP) is 22.2. The summed E-state index contributed by atoms with van der Waals surface area (Å²) in [6, 6.07) is 102. The first kappa shape index (κ1) is 49.5. The van der Waals surface area contributed by atoms with Gasteiger partial charge in [0.05, 0.1) is 22.1 Å². The van der Waals surface area contributed by atoms with Crippen LogP contribution in [0.3, 0.4) is 0 Å². The van der Waals surface area contributed by atoms with E-state index in [2.05, 4.69) is 282 Å². The molecule has 0 atom stereocenters. The van der Waals surface area contributed by atoms with Crippen molar-refractivity contribution in [3.8, 4) is 78.9 Å². The molecule has 19 rings (SSSR count). The van der Waals surface area contributed by atoms with E-state index in [0.717, 1.165) is 132 Å². The second kappa shape index (κ2) is 19.4. The Labute approximate surface area is 512 Å². The molecule has 0 spiro atoms. The van der Waals surface area contributed by atoms with Crippen molar-refractivity contribution in [3.05, 3.63) is 285 Å². The molecule has 0 bridgehead atoms. The molecule has 6 aromatic heterocycles. The molecule has 0 N–H and O–H groups in total. The Balaban J connectivity index is 0.709. The van der Waals surface area contributed by atoms with Crippen LogP contribution in [0.2, 0.25) is 0 Å². The third-order valence-electron chi connectivity index (χ3n) is 18.0. The molecule has 89 heavy (non-hydrogen) atoms. The molecule has 0 radical (unpaired) electrons. The highest BCUT2D eigenvalue weighted by Gasteiger charge is 2.21. The van der Waals surface area contributed by atoms with Crippen molar-refractivity contribution in [2.45, 2.75) is 0 Å². The fourth-order valence-corrected chi connectivity index (χ4v) is 15.0. The van der Waals surface area contributed by atoms with Crippen LogP contribution in [0.25, 0.3) is 187 Å². The molecule has 0 aliphatic heterocycles. The zero-order chi connectivity index (χ0) is 58.3. The molecule has 8 heteroatoms. The number of rotatable bonds is 8. The van der Waals surface area contributed by atoms with Crippen molar-refractivity contribution in [3.63, 3.8) is 0 Å². The average Bonchev–Trinajstić information content (AvgIpc) is 2.27. The molecule has 0 fully saturated rings. The van der Waals surface area contributed by atoms with Gasteiger partial charge in [0.2, 0.25) is 0 Å². The third-order valence-corrected chi connectivity index (χ3v) is 19.1. The number of hydrogen-bond acceptors (Lipinski definition) is 6. The summed E-state index contributed by atoms with van der Waals surface area (Å²) in [6.45, 7) is 0. The van der Waals surface area contributed by atoms with Crippen molar-refractivity contribution in [2.75, 3.05) is 0 Å². The monoisotopic (exact) mass is 1150 g/mol. The van der Waals surface area contributed by atoms with Crippen molar-refractivity contribution in [1.29, 1.82) is 0 Å². The lowest BCUT2D eigenvalue weighted by Crippen LogP contribution is -2.01. The van der Waals surface area contributed by atoms with E-state index in [1.807, 2.05) is 12.1 Å². The van der Waals surface area contributed by atoms with E-state index in [-0.39, 0.29) is 0 Å². The van der Waals surface area contributed by atoms with Gasteiger partial charge >= 0.3 is 0 Å². The molecule has 7 nitrogen and oxygen atoms in total. The van der Waals surface area contributed by atoms with E-state index in [0.29, 0.717) is 17.5 Å². The van der Waals surface area contributed by atoms with Crippen LogP contribution in [0.15, 0.2) is 294 Å². The Bertz CT molecular complexity index is 6090. The summed E-state index contributed by atoms with van der Waals surface area (Å²) in [7, 11) is 0. The van der Waals surface area contributed by atoms with Gasteiger partial charge in [0.1, 0.15) is 22.3 Å². The van der Waals surface area contributed by atoms with Crippen molar-refractivity contribution < 1.29 is 8.83 Å². The lowest BCUT2D eigenvalue weighted by atomic mass is 9.99. The summed E-state index contributed by atoms with van der Waals surface area (Å²) in [5.41, 5.74) is 19.5. The van der Waals surface area contributed by atoms with Gasteiger partial charge in [-0.3, -0.25) is 0 Å². The van der Waals surface area contributed by atoms with Crippen LogP contribution in [0.4, 0.5) is 0 Å². The van der Waals surface area contributed by atoms with Gasteiger partial charge in [-0.15, -0.1) is 11.3 Å². The minimum atomic E-state index is 0.583. The van der Waals surface area contributed by atoms with E-state index in [1.165, 1.54) is 37.3 Å². The SMILES string of the molecule is c1ccc(-n2c3ccccc3c3ccc(-c4ccc5oc6cc(-c7ccc8c(c7)sc7cccc(-c9nc(-c%10cccc(-c%11ccc%12c(c%11)oc%11ccccc%11%12)c%10)nc(-c%10cccc(-n%11c%12ccccc%12c%12ccccc%12%11)c%10)n9)c78)ccc6c5c4)cc32)cc1. The molecule has 0 saturated carbocycles. The summed E-state index contributed by atoms with van der Waals surface area (Å²) >= 11 is 1.79. The largest absolute Gasteiger partial charge is 0.456 e. The highest BCUT2D eigenvalue weighted by molar-refractivity contribution is 7.26. The fraction of sp³-hybridized carbons (Fsp3) is 0. The maximum Gasteiger partial charge on any atom is 0.164 e. The highest BCUT2D eigenvalue weighted by atomic mass is 32.1. The summed E-state index contributed by atoms with van der Waals surface area (Å²) in [5.74, 6) is 1.77. The summed E-state index contributed by atoms with van der Waals surface area (Å²) in [5, 5.41) is 11.5. The first-order valence-corrected chi connectivity index (χ1v) is 30.8. The molecule has 0 amide bonds. The maximum absolute atomic E-state index is 6.66. The Hall–Kier alpha value is -11.7. The zero-order valence-corrected chi connectivity index (χ0v) is 48.4. The number of aromatic nitrogens is 5. The van der Waals surface area contributed by atoms with Crippen molar-refractivity contribution in [1.82, 2.24) is 24.1 Å². The minimum absolute atomic E-state index is 0.583. The predicted molar refractivity (Wildman–Crippen MR) is 369 cm³/mol. The minimum Gasteiger partial charge on any atom is -0.456 e. The summed E-state index contributed by atoms with van der Waals surface area (Å²) in [4.78, 5) is 16.2. The zero-order valence-electron chi connectivity index (χ0n) is 47.6. The number of thiophene rings is 1. The van der Waals surface area contributed by atoms with Gasteiger partial charge in [-0.05, 0) is 143 Å². The standard InChI is InChI=1S/C81H47N5O2S/c1-2-18-56(19-3-1)85-68-26-8-6-23-60(68)61-36-31-50(44-71(61)85)49-35-40-73-67(43-49)64-38-33-52(46-75(64)88-73)53-34-39-65-77(47-53)89-76-30-14-25-66(78(65)76)81-83-79(54-16-12-15-48(41-54)51-32-37-63-62-24-7-11-29-72(62)87-74(63)45-51)82-80(84-81)55-17-13-20-57(42-55)86-69-27-9-4-21-58(69)59-22-5-10-28-70(59)86/h1-47H. The van der Waals surface area contributed by atoms with Gasteiger partial charge in [0.25, 0.3) is 0 Å². The van der Waals surface area contributed by atoms with Gasteiger partial charge in [0.15, 0.2) is 17.5 Å². The van der Waals surface area contributed by atoms with Gasteiger partial charge in [-0.25, -0.2) is 15.0 Å².